The number of hydrogen-bond acceptors (Lipinski definition) is 4. The first-order valence-corrected chi connectivity index (χ1v) is 10.1. The minimum atomic E-state index is 0.465. The molecule has 0 unspecified atom stereocenters. The molecule has 2 aromatic heterocycles. The minimum absolute atomic E-state index is 0.465. The third-order valence-corrected chi connectivity index (χ3v) is 5.62. The van der Waals surface area contributed by atoms with Gasteiger partial charge in [-0.15, -0.1) is 0 Å². The van der Waals surface area contributed by atoms with Crippen molar-refractivity contribution in [3.63, 3.8) is 0 Å². The van der Waals surface area contributed by atoms with Crippen molar-refractivity contribution in [3.05, 3.63) is 41.5 Å². The molecule has 0 saturated heterocycles. The van der Waals surface area contributed by atoms with E-state index in [9.17, 15) is 5.26 Å². The largest absolute Gasteiger partial charge is 0.370 e. The van der Waals surface area contributed by atoms with E-state index < -0.39 is 0 Å². The first-order valence-electron chi connectivity index (χ1n) is 10.1. The van der Waals surface area contributed by atoms with Crippen molar-refractivity contribution in [2.45, 2.75) is 44.9 Å². The van der Waals surface area contributed by atoms with Gasteiger partial charge < -0.3 is 10.6 Å². The first-order chi connectivity index (χ1) is 13.3. The highest BCUT2D eigenvalue weighted by molar-refractivity contribution is 5.85. The monoisotopic (exact) mass is 361 g/mol. The van der Waals surface area contributed by atoms with Gasteiger partial charge in [-0.25, -0.2) is 4.98 Å². The molecule has 5 heteroatoms. The number of para-hydroxylation sites is 2. The summed E-state index contributed by atoms with van der Waals surface area (Å²) in [6, 6.07) is 12.8. The van der Waals surface area contributed by atoms with E-state index >= 15 is 0 Å². The predicted octanol–water partition coefficient (Wildman–Crippen LogP) is 4.43. The van der Waals surface area contributed by atoms with E-state index in [1.165, 1.54) is 37.7 Å². The Morgan fingerprint density at radius 1 is 1.19 bits per heavy atom. The lowest BCUT2D eigenvalue weighted by atomic mass is 9.82. The molecule has 0 radical (unpaired) electrons. The Labute approximate surface area is 160 Å². The number of nitriles is 1. The fourth-order valence-corrected chi connectivity index (χ4v) is 4.29. The number of benzene rings is 1. The van der Waals surface area contributed by atoms with E-state index in [0.29, 0.717) is 5.92 Å². The summed E-state index contributed by atoms with van der Waals surface area (Å²) in [5.41, 5.74) is 4.68. The standard InChI is InChI=1S/C22H27N5/c1-2-24-12-13-25-21-14-17(16-8-4-3-5-9-16)18(15-23)22-26-19-10-6-7-11-20(19)27(21)22/h6-7,10-11,14,16,24-25H,2-5,8-9,12-13H2,1H3. The van der Waals surface area contributed by atoms with Crippen LogP contribution in [0.3, 0.4) is 0 Å². The van der Waals surface area contributed by atoms with Gasteiger partial charge in [-0.1, -0.05) is 38.3 Å². The van der Waals surface area contributed by atoms with Crippen LogP contribution in [0.15, 0.2) is 30.3 Å². The minimum Gasteiger partial charge on any atom is -0.370 e. The molecule has 2 heterocycles. The molecular weight excluding hydrogens is 334 g/mol. The van der Waals surface area contributed by atoms with Gasteiger partial charge in [-0.2, -0.15) is 5.26 Å². The molecule has 140 valence electrons. The topological polar surface area (TPSA) is 65.1 Å². The highest BCUT2D eigenvalue weighted by atomic mass is 15.1. The summed E-state index contributed by atoms with van der Waals surface area (Å²) in [7, 11) is 0. The molecule has 0 aliphatic heterocycles. The fraction of sp³-hybridized carbons (Fsp3) is 0.455. The van der Waals surface area contributed by atoms with Crippen LogP contribution in [0, 0.1) is 11.3 Å². The van der Waals surface area contributed by atoms with Crippen molar-refractivity contribution >= 4 is 22.5 Å². The predicted molar refractivity (Wildman–Crippen MR) is 110 cm³/mol. The van der Waals surface area contributed by atoms with E-state index in [0.717, 1.165) is 47.7 Å². The van der Waals surface area contributed by atoms with Crippen molar-refractivity contribution in [2.75, 3.05) is 25.0 Å². The molecule has 0 spiro atoms. The molecule has 1 saturated carbocycles. The third kappa shape index (κ3) is 3.38. The van der Waals surface area contributed by atoms with Crippen LogP contribution in [0.5, 0.6) is 0 Å². The highest BCUT2D eigenvalue weighted by Crippen LogP contribution is 2.37. The van der Waals surface area contributed by atoms with Crippen LogP contribution in [0.25, 0.3) is 16.7 Å². The van der Waals surface area contributed by atoms with Gasteiger partial charge in [0.15, 0.2) is 5.65 Å². The van der Waals surface area contributed by atoms with E-state index in [1.54, 1.807) is 0 Å². The number of nitrogens with zero attached hydrogens (tertiary/aromatic N) is 3. The Balaban J connectivity index is 1.87. The molecule has 2 N–H and O–H groups in total. The van der Waals surface area contributed by atoms with Crippen molar-refractivity contribution in [3.8, 4) is 6.07 Å². The molecular formula is C22H27N5. The van der Waals surface area contributed by atoms with Gasteiger partial charge in [0.1, 0.15) is 11.9 Å². The first kappa shape index (κ1) is 17.8. The molecule has 1 aliphatic rings. The van der Waals surface area contributed by atoms with Gasteiger partial charge in [0, 0.05) is 13.1 Å². The molecule has 0 atom stereocenters. The van der Waals surface area contributed by atoms with Gasteiger partial charge in [0.25, 0.3) is 0 Å². The van der Waals surface area contributed by atoms with Crippen LogP contribution in [-0.4, -0.2) is 29.0 Å². The molecule has 4 rings (SSSR count). The Hall–Kier alpha value is -2.58. The van der Waals surface area contributed by atoms with Crippen LogP contribution in [0.1, 0.15) is 56.1 Å². The lowest BCUT2D eigenvalue weighted by Crippen LogP contribution is -2.22. The maximum absolute atomic E-state index is 9.98. The van der Waals surface area contributed by atoms with Crippen molar-refractivity contribution in [1.82, 2.24) is 14.7 Å². The number of aromatic nitrogens is 2. The summed E-state index contributed by atoms with van der Waals surface area (Å²) in [6.45, 7) is 4.82. The molecule has 0 bridgehead atoms. The van der Waals surface area contributed by atoms with Crippen LogP contribution >= 0.6 is 0 Å². The number of fused-ring (bicyclic) bond motifs is 3. The maximum atomic E-state index is 9.98. The van der Waals surface area contributed by atoms with Gasteiger partial charge >= 0.3 is 0 Å². The van der Waals surface area contributed by atoms with E-state index in [2.05, 4.69) is 40.2 Å². The fourth-order valence-electron chi connectivity index (χ4n) is 4.29. The zero-order valence-corrected chi connectivity index (χ0v) is 16.0. The number of pyridine rings is 1. The normalized spacial score (nSPS) is 15.3. The summed E-state index contributed by atoms with van der Waals surface area (Å²) in [5, 5.41) is 16.9. The van der Waals surface area contributed by atoms with Crippen molar-refractivity contribution in [2.24, 2.45) is 0 Å². The lowest BCUT2D eigenvalue weighted by molar-refractivity contribution is 0.443. The zero-order valence-electron chi connectivity index (χ0n) is 16.0. The Kier molecular flexibility index (Phi) is 5.26. The maximum Gasteiger partial charge on any atom is 0.157 e. The molecule has 1 aliphatic carbocycles. The molecule has 0 amide bonds. The SMILES string of the molecule is CCNCCNc1cc(C2CCCCC2)c(C#N)c2nc3ccccc3n12. The number of imidazole rings is 1. The van der Waals surface area contributed by atoms with Crippen LogP contribution in [-0.2, 0) is 0 Å². The number of rotatable bonds is 6. The van der Waals surface area contributed by atoms with Crippen molar-refractivity contribution < 1.29 is 0 Å². The molecule has 5 nitrogen and oxygen atoms in total. The molecule has 1 aromatic carbocycles. The van der Waals surface area contributed by atoms with Crippen LogP contribution in [0.4, 0.5) is 5.82 Å². The van der Waals surface area contributed by atoms with E-state index in [4.69, 9.17) is 4.98 Å². The Bertz CT molecular complexity index is 976. The van der Waals surface area contributed by atoms with Gasteiger partial charge in [0.05, 0.1) is 16.6 Å². The Morgan fingerprint density at radius 3 is 2.78 bits per heavy atom. The second-order valence-corrected chi connectivity index (χ2v) is 7.35. The number of anilines is 1. The lowest BCUT2D eigenvalue weighted by Gasteiger charge is -2.24. The number of nitrogens with one attached hydrogen (secondary N) is 2. The Morgan fingerprint density at radius 2 is 2.00 bits per heavy atom. The summed E-state index contributed by atoms with van der Waals surface area (Å²) in [6.07, 6.45) is 6.14. The summed E-state index contributed by atoms with van der Waals surface area (Å²) in [4.78, 5) is 4.83. The summed E-state index contributed by atoms with van der Waals surface area (Å²) >= 11 is 0. The highest BCUT2D eigenvalue weighted by Gasteiger charge is 2.23. The average Bonchev–Trinajstić information content (AvgIpc) is 3.11. The molecule has 27 heavy (non-hydrogen) atoms. The smallest absolute Gasteiger partial charge is 0.157 e. The van der Waals surface area contributed by atoms with Gasteiger partial charge in [-0.05, 0) is 49.1 Å². The second-order valence-electron chi connectivity index (χ2n) is 7.35. The third-order valence-electron chi connectivity index (χ3n) is 5.62. The van der Waals surface area contributed by atoms with Crippen LogP contribution in [0.2, 0.25) is 0 Å². The average molecular weight is 361 g/mol. The molecule has 3 aromatic rings. The van der Waals surface area contributed by atoms with Gasteiger partial charge in [0.2, 0.25) is 0 Å². The van der Waals surface area contributed by atoms with E-state index in [1.807, 2.05) is 18.2 Å². The molecule has 1 fully saturated rings. The summed E-state index contributed by atoms with van der Waals surface area (Å²) in [5.74, 6) is 1.50. The second kappa shape index (κ2) is 7.98. The number of hydrogen-bond donors (Lipinski definition) is 2. The quantitative estimate of drug-likeness (QED) is 0.638. The zero-order chi connectivity index (χ0) is 18.6. The summed E-state index contributed by atoms with van der Waals surface area (Å²) < 4.78 is 2.12. The van der Waals surface area contributed by atoms with Crippen LogP contribution < -0.4 is 10.6 Å². The van der Waals surface area contributed by atoms with Crippen molar-refractivity contribution in [1.29, 1.82) is 5.26 Å². The van der Waals surface area contributed by atoms with E-state index in [-0.39, 0.29) is 0 Å². The number of likely N-dealkylation sites (N-methyl/N-ethyl adjacent to an activating group) is 1. The van der Waals surface area contributed by atoms with Gasteiger partial charge in [-0.3, -0.25) is 4.40 Å².